The van der Waals surface area contributed by atoms with E-state index in [0.717, 1.165) is 38.5 Å². The summed E-state index contributed by atoms with van der Waals surface area (Å²) in [6.07, 6.45) is 7.85. The smallest absolute Gasteiger partial charge is 0.257 e. The number of sulfonamides is 1. The number of carbonyl (C=O) groups excluding carboxylic acids is 1. The first-order valence-corrected chi connectivity index (χ1v) is 11.2. The van der Waals surface area contributed by atoms with E-state index in [0.29, 0.717) is 31.9 Å². The van der Waals surface area contributed by atoms with Crippen LogP contribution < -0.4 is 5.73 Å². The lowest BCUT2D eigenvalue weighted by Gasteiger charge is -2.36. The third-order valence-corrected chi connectivity index (χ3v) is 6.64. The van der Waals surface area contributed by atoms with E-state index < -0.39 is 15.6 Å². The number of guanidine groups is 1. The summed E-state index contributed by atoms with van der Waals surface area (Å²) in [6, 6.07) is -0.0561. The maximum Gasteiger partial charge on any atom is 0.257 e. The van der Waals surface area contributed by atoms with Gasteiger partial charge in [0.2, 0.25) is 10.0 Å². The Hall–Kier alpha value is -1.15. The number of piperidine rings is 1. The number of aliphatic imine (C=N–C) groups is 1. The number of unbranched alkanes of at least 4 members (excludes halogenated alkanes) is 2. The minimum absolute atomic E-state index is 0.0182. The first-order valence-electron chi connectivity index (χ1n) is 9.39. The molecule has 25 heavy (non-hydrogen) atoms. The van der Waals surface area contributed by atoms with Crippen molar-refractivity contribution in [3.05, 3.63) is 0 Å². The fraction of sp³-hybridized carbons (Fsp3) is 0.882. The molecule has 144 valence electrons. The normalized spacial score (nSPS) is 22.4. The summed E-state index contributed by atoms with van der Waals surface area (Å²) in [7, 11) is -3.18. The highest BCUT2D eigenvalue weighted by molar-refractivity contribution is 7.88. The first kappa shape index (κ1) is 20.2. The fourth-order valence-corrected chi connectivity index (χ4v) is 4.70. The van der Waals surface area contributed by atoms with Gasteiger partial charge in [0.15, 0.2) is 5.96 Å². The topological polar surface area (TPSA) is 96.1 Å². The van der Waals surface area contributed by atoms with E-state index >= 15 is 0 Å². The number of rotatable bonds is 8. The van der Waals surface area contributed by atoms with Crippen molar-refractivity contribution in [1.29, 1.82) is 0 Å². The Bertz CT molecular complexity index is 601. The molecule has 0 saturated carbocycles. The molecule has 0 bridgehead atoms. The third kappa shape index (κ3) is 4.34. The Kier molecular flexibility index (Phi) is 6.48. The van der Waals surface area contributed by atoms with E-state index in [2.05, 4.69) is 18.8 Å². The van der Waals surface area contributed by atoms with Crippen molar-refractivity contribution in [2.75, 3.05) is 19.3 Å². The van der Waals surface area contributed by atoms with Crippen LogP contribution in [0.15, 0.2) is 4.99 Å². The third-order valence-electron chi connectivity index (χ3n) is 5.34. The highest BCUT2D eigenvalue weighted by Crippen LogP contribution is 2.35. The van der Waals surface area contributed by atoms with Gasteiger partial charge in [-0.3, -0.25) is 9.69 Å². The van der Waals surface area contributed by atoms with Gasteiger partial charge in [-0.05, 0) is 25.7 Å². The van der Waals surface area contributed by atoms with Crippen molar-refractivity contribution in [1.82, 2.24) is 9.21 Å². The molecule has 2 N–H and O–H groups in total. The molecular weight excluding hydrogens is 340 g/mol. The van der Waals surface area contributed by atoms with E-state index in [1.54, 1.807) is 4.90 Å². The summed E-state index contributed by atoms with van der Waals surface area (Å²) in [6.45, 7) is 5.08. The van der Waals surface area contributed by atoms with Crippen molar-refractivity contribution < 1.29 is 13.2 Å². The lowest BCUT2D eigenvalue weighted by Crippen LogP contribution is -2.53. The number of hydrogen-bond donors (Lipinski definition) is 1. The van der Waals surface area contributed by atoms with Gasteiger partial charge in [0.25, 0.3) is 5.91 Å². The molecule has 1 saturated heterocycles. The quantitative estimate of drug-likeness (QED) is 0.701. The molecule has 2 heterocycles. The zero-order valence-corrected chi connectivity index (χ0v) is 16.5. The molecule has 0 unspecified atom stereocenters. The van der Waals surface area contributed by atoms with Gasteiger partial charge >= 0.3 is 0 Å². The van der Waals surface area contributed by atoms with Crippen molar-refractivity contribution in [3.63, 3.8) is 0 Å². The van der Waals surface area contributed by atoms with Crippen LogP contribution in [0.25, 0.3) is 0 Å². The van der Waals surface area contributed by atoms with E-state index in [-0.39, 0.29) is 11.9 Å². The standard InChI is InChI=1S/C17H32N4O3S/c1-4-6-10-17(11-7-5-2)15(22)21(16(18)19-17)14-8-12-20(13-9-14)25(3,23)24/h14H,4-13H2,1-3H3,(H2,18,19). The molecule has 0 aliphatic carbocycles. The maximum atomic E-state index is 13.2. The van der Waals surface area contributed by atoms with Crippen LogP contribution in [0, 0.1) is 0 Å². The van der Waals surface area contributed by atoms with Crippen LogP contribution in [0.1, 0.15) is 65.2 Å². The van der Waals surface area contributed by atoms with Gasteiger partial charge in [-0.1, -0.05) is 39.5 Å². The molecule has 0 spiro atoms. The molecule has 2 aliphatic heterocycles. The molecule has 0 aromatic rings. The number of nitrogens with two attached hydrogens (primary N) is 1. The molecule has 1 fully saturated rings. The molecule has 0 atom stereocenters. The largest absolute Gasteiger partial charge is 0.369 e. The molecule has 2 aliphatic rings. The second kappa shape index (κ2) is 8.03. The average Bonchev–Trinajstić information content (AvgIpc) is 2.81. The number of carbonyl (C=O) groups is 1. The van der Waals surface area contributed by atoms with Crippen LogP contribution in [0.2, 0.25) is 0 Å². The van der Waals surface area contributed by atoms with Gasteiger partial charge in [-0.25, -0.2) is 17.7 Å². The lowest BCUT2D eigenvalue weighted by molar-refractivity contribution is -0.133. The molecule has 7 nitrogen and oxygen atoms in total. The summed E-state index contributed by atoms with van der Waals surface area (Å²) >= 11 is 0. The highest BCUT2D eigenvalue weighted by Gasteiger charge is 2.49. The zero-order chi connectivity index (χ0) is 18.7. The summed E-state index contributed by atoms with van der Waals surface area (Å²) in [5.74, 6) is 0.333. The predicted octanol–water partition coefficient (Wildman–Crippen LogP) is 1.69. The molecule has 0 aromatic heterocycles. The van der Waals surface area contributed by atoms with Gasteiger partial charge in [-0.2, -0.15) is 0 Å². The van der Waals surface area contributed by atoms with Gasteiger partial charge in [0.1, 0.15) is 5.54 Å². The second-order valence-electron chi connectivity index (χ2n) is 7.28. The minimum atomic E-state index is -3.18. The fourth-order valence-electron chi connectivity index (χ4n) is 3.82. The summed E-state index contributed by atoms with van der Waals surface area (Å²) in [5.41, 5.74) is 5.46. The van der Waals surface area contributed by atoms with Crippen LogP contribution in [0.5, 0.6) is 0 Å². The maximum absolute atomic E-state index is 13.2. The van der Waals surface area contributed by atoms with Crippen LogP contribution in [0.3, 0.4) is 0 Å². The van der Waals surface area contributed by atoms with E-state index in [1.165, 1.54) is 10.6 Å². The zero-order valence-electron chi connectivity index (χ0n) is 15.7. The van der Waals surface area contributed by atoms with Crippen LogP contribution in [-0.2, 0) is 14.8 Å². The Morgan fingerprint density at radius 2 is 1.68 bits per heavy atom. The Balaban J connectivity index is 2.13. The Morgan fingerprint density at radius 1 is 1.16 bits per heavy atom. The Morgan fingerprint density at radius 3 is 2.12 bits per heavy atom. The van der Waals surface area contributed by atoms with Gasteiger partial charge < -0.3 is 5.73 Å². The Labute approximate surface area is 151 Å². The SMILES string of the molecule is CCCCC1(CCCC)N=C(N)N(C2CCN(S(C)(=O)=O)CC2)C1=O. The monoisotopic (exact) mass is 372 g/mol. The van der Waals surface area contributed by atoms with Crippen LogP contribution in [-0.4, -0.2) is 60.4 Å². The van der Waals surface area contributed by atoms with Crippen molar-refractivity contribution in [2.24, 2.45) is 10.7 Å². The van der Waals surface area contributed by atoms with E-state index in [1.807, 2.05) is 0 Å². The minimum Gasteiger partial charge on any atom is -0.369 e. The molecule has 8 heteroatoms. The van der Waals surface area contributed by atoms with E-state index in [9.17, 15) is 13.2 Å². The van der Waals surface area contributed by atoms with Crippen molar-refractivity contribution in [3.8, 4) is 0 Å². The van der Waals surface area contributed by atoms with Crippen molar-refractivity contribution in [2.45, 2.75) is 76.8 Å². The molecule has 0 radical (unpaired) electrons. The molecular formula is C17H32N4O3S. The van der Waals surface area contributed by atoms with Gasteiger partial charge in [0.05, 0.1) is 6.26 Å². The summed E-state index contributed by atoms with van der Waals surface area (Å²) in [4.78, 5) is 19.5. The predicted molar refractivity (Wildman–Crippen MR) is 99.7 cm³/mol. The van der Waals surface area contributed by atoms with Gasteiger partial charge in [-0.15, -0.1) is 0 Å². The summed E-state index contributed by atoms with van der Waals surface area (Å²) < 4.78 is 24.8. The van der Waals surface area contributed by atoms with Crippen LogP contribution in [0.4, 0.5) is 0 Å². The molecule has 1 amide bonds. The van der Waals surface area contributed by atoms with Crippen LogP contribution >= 0.6 is 0 Å². The number of nitrogens with zero attached hydrogens (tertiary/aromatic N) is 3. The second-order valence-corrected chi connectivity index (χ2v) is 9.26. The summed E-state index contributed by atoms with van der Waals surface area (Å²) in [5, 5.41) is 0. The molecule has 2 rings (SSSR count). The first-order chi connectivity index (χ1) is 11.7. The number of hydrogen-bond acceptors (Lipinski definition) is 5. The average molecular weight is 373 g/mol. The van der Waals surface area contributed by atoms with Crippen molar-refractivity contribution >= 4 is 21.9 Å². The molecule has 0 aromatic carbocycles. The number of amides is 1. The van der Waals surface area contributed by atoms with Gasteiger partial charge in [0, 0.05) is 19.1 Å². The highest BCUT2D eigenvalue weighted by atomic mass is 32.2. The van der Waals surface area contributed by atoms with E-state index in [4.69, 9.17) is 5.73 Å². The lowest BCUT2D eigenvalue weighted by atomic mass is 9.86.